The molecule has 17 heavy (non-hydrogen) atoms. The molecule has 2 aliphatic rings. The van der Waals surface area contributed by atoms with Gasteiger partial charge in [-0.05, 0) is 37.8 Å². The SMILES string of the molecule is c1ccn(NC2CCOC3(CCOCC3)C2)c1. The Bertz CT molecular complexity index is 339. The van der Waals surface area contributed by atoms with Crippen molar-refractivity contribution in [3.63, 3.8) is 0 Å². The summed E-state index contributed by atoms with van der Waals surface area (Å²) >= 11 is 0. The third kappa shape index (κ3) is 2.48. The Morgan fingerprint density at radius 2 is 1.88 bits per heavy atom. The first-order valence-electron chi connectivity index (χ1n) is 6.48. The molecule has 1 N–H and O–H groups in total. The largest absolute Gasteiger partial charge is 0.381 e. The van der Waals surface area contributed by atoms with E-state index in [0.717, 1.165) is 45.5 Å². The normalized spacial score (nSPS) is 28.1. The van der Waals surface area contributed by atoms with Gasteiger partial charge in [0.2, 0.25) is 0 Å². The zero-order chi connectivity index (χ0) is 11.6. The van der Waals surface area contributed by atoms with Crippen molar-refractivity contribution in [2.75, 3.05) is 25.2 Å². The highest BCUT2D eigenvalue weighted by Crippen LogP contribution is 2.34. The van der Waals surface area contributed by atoms with Crippen molar-refractivity contribution < 1.29 is 9.47 Å². The van der Waals surface area contributed by atoms with Gasteiger partial charge in [0.05, 0.1) is 5.60 Å². The second kappa shape index (κ2) is 4.70. The molecule has 1 aromatic rings. The number of hydrogen-bond acceptors (Lipinski definition) is 3. The van der Waals surface area contributed by atoms with Crippen molar-refractivity contribution in [2.24, 2.45) is 0 Å². The highest BCUT2D eigenvalue weighted by atomic mass is 16.5. The van der Waals surface area contributed by atoms with E-state index in [1.165, 1.54) is 0 Å². The van der Waals surface area contributed by atoms with Crippen LogP contribution in [0.3, 0.4) is 0 Å². The average Bonchev–Trinajstić information content (AvgIpc) is 2.83. The predicted molar refractivity (Wildman–Crippen MR) is 65.6 cm³/mol. The van der Waals surface area contributed by atoms with Gasteiger partial charge in [-0.1, -0.05) is 0 Å². The molecule has 0 aliphatic carbocycles. The molecule has 2 aliphatic heterocycles. The lowest BCUT2D eigenvalue weighted by Gasteiger charge is -2.43. The number of aromatic nitrogens is 1. The van der Waals surface area contributed by atoms with Gasteiger partial charge < -0.3 is 14.9 Å². The van der Waals surface area contributed by atoms with E-state index >= 15 is 0 Å². The van der Waals surface area contributed by atoms with E-state index in [-0.39, 0.29) is 5.60 Å². The number of nitrogens with zero attached hydrogens (tertiary/aromatic N) is 1. The second-order valence-corrected chi connectivity index (χ2v) is 5.05. The Morgan fingerprint density at radius 3 is 2.65 bits per heavy atom. The summed E-state index contributed by atoms with van der Waals surface area (Å²) in [7, 11) is 0. The van der Waals surface area contributed by atoms with Crippen LogP contribution in [-0.2, 0) is 9.47 Å². The summed E-state index contributed by atoms with van der Waals surface area (Å²) in [6.07, 6.45) is 8.35. The van der Waals surface area contributed by atoms with Gasteiger partial charge in [0, 0.05) is 38.3 Å². The van der Waals surface area contributed by atoms with Crippen molar-refractivity contribution in [1.29, 1.82) is 0 Å². The Balaban J connectivity index is 1.62. The van der Waals surface area contributed by atoms with Crippen molar-refractivity contribution in [3.05, 3.63) is 24.5 Å². The van der Waals surface area contributed by atoms with Crippen LogP contribution >= 0.6 is 0 Å². The van der Waals surface area contributed by atoms with Gasteiger partial charge in [-0.2, -0.15) is 0 Å². The molecule has 2 fully saturated rings. The fourth-order valence-electron chi connectivity index (χ4n) is 2.86. The predicted octanol–water partition coefficient (Wildman–Crippen LogP) is 1.76. The number of ether oxygens (including phenoxy) is 2. The molecular formula is C13H20N2O2. The van der Waals surface area contributed by atoms with Crippen LogP contribution in [0.25, 0.3) is 0 Å². The molecule has 3 rings (SSSR count). The smallest absolute Gasteiger partial charge is 0.0746 e. The summed E-state index contributed by atoms with van der Waals surface area (Å²) < 4.78 is 13.5. The van der Waals surface area contributed by atoms with Crippen LogP contribution in [0, 0.1) is 0 Å². The highest BCUT2D eigenvalue weighted by molar-refractivity contribution is 4.99. The molecule has 0 radical (unpaired) electrons. The first kappa shape index (κ1) is 11.1. The average molecular weight is 236 g/mol. The van der Waals surface area contributed by atoms with E-state index < -0.39 is 0 Å². The molecule has 4 heteroatoms. The Hall–Kier alpha value is -1.00. The van der Waals surface area contributed by atoms with Crippen molar-refractivity contribution >= 4 is 0 Å². The molecular weight excluding hydrogens is 216 g/mol. The van der Waals surface area contributed by atoms with E-state index in [2.05, 4.69) is 5.43 Å². The zero-order valence-corrected chi connectivity index (χ0v) is 10.1. The Morgan fingerprint density at radius 1 is 1.12 bits per heavy atom. The maximum atomic E-state index is 6.03. The summed E-state index contributed by atoms with van der Waals surface area (Å²) in [6.45, 7) is 2.55. The Labute approximate surface area is 102 Å². The molecule has 0 bridgehead atoms. The van der Waals surface area contributed by atoms with E-state index in [0.29, 0.717) is 6.04 Å². The van der Waals surface area contributed by atoms with Gasteiger partial charge >= 0.3 is 0 Å². The van der Waals surface area contributed by atoms with Crippen LogP contribution in [0.1, 0.15) is 25.7 Å². The fraction of sp³-hybridized carbons (Fsp3) is 0.692. The van der Waals surface area contributed by atoms with Gasteiger partial charge in [0.15, 0.2) is 0 Å². The standard InChI is InChI=1S/C13H20N2O2/c1-2-7-15(6-1)14-12-3-8-17-13(11-12)4-9-16-10-5-13/h1-2,6-7,12,14H,3-5,8-11H2. The molecule has 94 valence electrons. The maximum Gasteiger partial charge on any atom is 0.0746 e. The van der Waals surface area contributed by atoms with Gasteiger partial charge in [0.25, 0.3) is 0 Å². The lowest BCUT2D eigenvalue weighted by atomic mass is 9.84. The molecule has 0 saturated carbocycles. The third-order valence-electron chi connectivity index (χ3n) is 3.83. The molecule has 1 unspecified atom stereocenters. The molecule has 1 atom stereocenters. The number of nitrogens with one attached hydrogen (secondary N) is 1. The van der Waals surface area contributed by atoms with Crippen molar-refractivity contribution in [1.82, 2.24) is 4.68 Å². The molecule has 2 saturated heterocycles. The molecule has 0 amide bonds. The summed E-state index contributed by atoms with van der Waals surface area (Å²) in [5.41, 5.74) is 3.60. The second-order valence-electron chi connectivity index (χ2n) is 5.05. The first-order valence-corrected chi connectivity index (χ1v) is 6.48. The molecule has 0 aromatic carbocycles. The van der Waals surface area contributed by atoms with E-state index in [9.17, 15) is 0 Å². The van der Waals surface area contributed by atoms with E-state index in [4.69, 9.17) is 9.47 Å². The summed E-state index contributed by atoms with van der Waals surface area (Å²) in [5, 5.41) is 0. The summed E-state index contributed by atoms with van der Waals surface area (Å²) in [4.78, 5) is 0. The molecule has 4 nitrogen and oxygen atoms in total. The molecule has 1 aromatic heterocycles. The summed E-state index contributed by atoms with van der Waals surface area (Å²) in [5.74, 6) is 0. The highest BCUT2D eigenvalue weighted by Gasteiger charge is 2.39. The maximum absolute atomic E-state index is 6.03. The van der Waals surface area contributed by atoms with Gasteiger partial charge in [0.1, 0.15) is 0 Å². The van der Waals surface area contributed by atoms with Crippen LogP contribution in [-0.4, -0.2) is 36.1 Å². The quantitative estimate of drug-likeness (QED) is 0.850. The minimum Gasteiger partial charge on any atom is -0.381 e. The Kier molecular flexibility index (Phi) is 3.07. The lowest BCUT2D eigenvalue weighted by molar-refractivity contribution is -0.136. The van der Waals surface area contributed by atoms with Gasteiger partial charge in [-0.3, -0.25) is 4.68 Å². The zero-order valence-electron chi connectivity index (χ0n) is 10.1. The monoisotopic (exact) mass is 236 g/mol. The van der Waals surface area contributed by atoms with Crippen molar-refractivity contribution in [2.45, 2.75) is 37.3 Å². The first-order chi connectivity index (χ1) is 8.36. The number of rotatable bonds is 2. The molecule has 1 spiro atoms. The number of hydrogen-bond donors (Lipinski definition) is 1. The van der Waals surface area contributed by atoms with Crippen molar-refractivity contribution in [3.8, 4) is 0 Å². The van der Waals surface area contributed by atoms with Crippen LogP contribution in [0.4, 0.5) is 0 Å². The van der Waals surface area contributed by atoms with Gasteiger partial charge in [-0.25, -0.2) is 0 Å². The lowest BCUT2D eigenvalue weighted by Crippen LogP contribution is -2.49. The fourth-order valence-corrected chi connectivity index (χ4v) is 2.86. The topological polar surface area (TPSA) is 35.4 Å². The minimum atomic E-state index is 0.0708. The van der Waals surface area contributed by atoms with Crippen LogP contribution in [0.15, 0.2) is 24.5 Å². The van der Waals surface area contributed by atoms with Gasteiger partial charge in [-0.15, -0.1) is 0 Å². The van der Waals surface area contributed by atoms with E-state index in [1.54, 1.807) is 0 Å². The summed E-state index contributed by atoms with van der Waals surface area (Å²) in [6, 6.07) is 4.59. The molecule has 3 heterocycles. The van der Waals surface area contributed by atoms with Crippen LogP contribution in [0.2, 0.25) is 0 Å². The minimum absolute atomic E-state index is 0.0708. The van der Waals surface area contributed by atoms with Crippen LogP contribution < -0.4 is 5.43 Å². The van der Waals surface area contributed by atoms with E-state index in [1.807, 2.05) is 29.2 Å². The van der Waals surface area contributed by atoms with Crippen LogP contribution in [0.5, 0.6) is 0 Å². The third-order valence-corrected chi connectivity index (χ3v) is 3.83.